The van der Waals surface area contributed by atoms with E-state index in [4.69, 9.17) is 0 Å². The molecule has 6 heteroatoms. The van der Waals surface area contributed by atoms with Gasteiger partial charge in [0.15, 0.2) is 9.84 Å². The van der Waals surface area contributed by atoms with Crippen LogP contribution >= 0.6 is 0 Å². The molecule has 0 atom stereocenters. The number of carbonyl (C=O) groups is 1. The van der Waals surface area contributed by atoms with Crippen LogP contribution in [0, 0.1) is 11.7 Å². The summed E-state index contributed by atoms with van der Waals surface area (Å²) in [5, 5.41) is 0. The number of sulfone groups is 1. The van der Waals surface area contributed by atoms with E-state index in [9.17, 15) is 17.6 Å². The summed E-state index contributed by atoms with van der Waals surface area (Å²) in [6.45, 7) is 1.30. The number of rotatable bonds is 6. The summed E-state index contributed by atoms with van der Waals surface area (Å²) < 4.78 is 37.6. The number of likely N-dealkylation sites (tertiary alicyclic amines) is 1. The zero-order valence-corrected chi connectivity index (χ0v) is 16.0. The number of hydrogen-bond acceptors (Lipinski definition) is 3. The van der Waals surface area contributed by atoms with E-state index in [1.165, 1.54) is 12.1 Å². The maximum atomic E-state index is 13.0. The van der Waals surface area contributed by atoms with Crippen molar-refractivity contribution in [1.29, 1.82) is 0 Å². The van der Waals surface area contributed by atoms with E-state index in [1.54, 1.807) is 47.4 Å². The zero-order chi connectivity index (χ0) is 19.3. The monoisotopic (exact) mass is 389 g/mol. The first-order valence-electron chi connectivity index (χ1n) is 9.24. The van der Waals surface area contributed by atoms with Crippen LogP contribution in [0.3, 0.4) is 0 Å². The molecule has 0 radical (unpaired) electrons. The van der Waals surface area contributed by atoms with Crippen LogP contribution in [-0.4, -0.2) is 38.1 Å². The summed E-state index contributed by atoms with van der Waals surface area (Å²) in [4.78, 5) is 14.4. The second kappa shape index (κ2) is 8.65. The maximum Gasteiger partial charge on any atom is 0.223 e. The predicted molar refractivity (Wildman–Crippen MR) is 103 cm³/mol. The van der Waals surface area contributed by atoms with Gasteiger partial charge in [-0.15, -0.1) is 0 Å². The Bertz CT molecular complexity index is 858. The Labute approximate surface area is 159 Å². The molecule has 2 aromatic carbocycles. The van der Waals surface area contributed by atoms with Gasteiger partial charge in [0.1, 0.15) is 5.82 Å². The Morgan fingerprint density at radius 1 is 1.00 bits per heavy atom. The number of halogens is 1. The van der Waals surface area contributed by atoms with Gasteiger partial charge >= 0.3 is 0 Å². The summed E-state index contributed by atoms with van der Waals surface area (Å²) in [6.07, 6.45) is 2.66. The van der Waals surface area contributed by atoms with Crippen molar-refractivity contribution in [2.75, 3.05) is 18.8 Å². The molecular formula is C21H24FNO3S. The second-order valence-electron chi connectivity index (χ2n) is 7.04. The van der Waals surface area contributed by atoms with Crippen molar-refractivity contribution in [1.82, 2.24) is 4.90 Å². The van der Waals surface area contributed by atoms with E-state index >= 15 is 0 Å². The van der Waals surface area contributed by atoms with Crippen LogP contribution in [0.25, 0.3) is 0 Å². The minimum Gasteiger partial charge on any atom is -0.343 e. The molecule has 27 heavy (non-hydrogen) atoms. The van der Waals surface area contributed by atoms with Crippen LogP contribution in [0.1, 0.15) is 24.8 Å². The molecular weight excluding hydrogens is 365 g/mol. The fourth-order valence-corrected chi connectivity index (χ4v) is 4.72. The minimum atomic E-state index is -3.43. The number of nitrogens with zero attached hydrogens (tertiary/aromatic N) is 1. The lowest BCUT2D eigenvalue weighted by Gasteiger charge is -2.32. The minimum absolute atomic E-state index is 0.0137. The Morgan fingerprint density at radius 2 is 1.63 bits per heavy atom. The predicted octanol–water partition coefficient (Wildman–Crippen LogP) is 3.47. The van der Waals surface area contributed by atoms with Crippen LogP contribution in [0.15, 0.2) is 59.5 Å². The SMILES string of the molecule is O=C(CCS(=O)(=O)c1ccccc1)N1CCC(Cc2ccc(F)cc2)CC1. The summed E-state index contributed by atoms with van der Waals surface area (Å²) in [5.74, 6) is -0.0299. The van der Waals surface area contributed by atoms with Crippen LogP contribution in [0.2, 0.25) is 0 Å². The molecule has 3 rings (SSSR count). The highest BCUT2D eigenvalue weighted by Gasteiger charge is 2.24. The molecule has 0 spiro atoms. The van der Waals surface area contributed by atoms with Gasteiger partial charge in [-0.2, -0.15) is 0 Å². The quantitative estimate of drug-likeness (QED) is 0.760. The molecule has 1 saturated heterocycles. The third-order valence-corrected chi connectivity index (χ3v) is 6.82. The molecule has 2 aromatic rings. The summed E-state index contributed by atoms with van der Waals surface area (Å²) in [5.41, 5.74) is 1.11. The standard InChI is InChI=1S/C21H24FNO3S/c22-19-8-6-17(7-9-19)16-18-10-13-23(14-11-18)21(24)12-15-27(25,26)20-4-2-1-3-5-20/h1-9,18H,10-16H2. The number of carbonyl (C=O) groups excluding carboxylic acids is 1. The number of benzene rings is 2. The van der Waals surface area contributed by atoms with Crippen molar-refractivity contribution >= 4 is 15.7 Å². The molecule has 0 bridgehead atoms. The van der Waals surface area contributed by atoms with Gasteiger partial charge in [0, 0.05) is 19.5 Å². The molecule has 0 saturated carbocycles. The van der Waals surface area contributed by atoms with Crippen molar-refractivity contribution in [3.8, 4) is 0 Å². The van der Waals surface area contributed by atoms with Crippen LogP contribution < -0.4 is 0 Å². The highest BCUT2D eigenvalue weighted by molar-refractivity contribution is 7.91. The fourth-order valence-electron chi connectivity index (χ4n) is 3.47. The van der Waals surface area contributed by atoms with Crippen molar-refractivity contribution in [2.24, 2.45) is 5.92 Å². The molecule has 1 aliphatic rings. The van der Waals surface area contributed by atoms with Gasteiger partial charge in [0.25, 0.3) is 0 Å². The molecule has 144 valence electrons. The van der Waals surface area contributed by atoms with Crippen LogP contribution in [0.5, 0.6) is 0 Å². The van der Waals surface area contributed by atoms with E-state index in [2.05, 4.69) is 0 Å². The van der Waals surface area contributed by atoms with Gasteiger partial charge in [-0.25, -0.2) is 12.8 Å². The first-order valence-corrected chi connectivity index (χ1v) is 10.9. The first-order chi connectivity index (χ1) is 12.9. The lowest BCUT2D eigenvalue weighted by Crippen LogP contribution is -2.39. The van der Waals surface area contributed by atoms with E-state index in [1.807, 2.05) is 0 Å². The molecule has 4 nitrogen and oxygen atoms in total. The highest BCUT2D eigenvalue weighted by Crippen LogP contribution is 2.22. The van der Waals surface area contributed by atoms with Gasteiger partial charge in [-0.1, -0.05) is 30.3 Å². The summed E-state index contributed by atoms with van der Waals surface area (Å²) in [7, 11) is -3.43. The number of hydrogen-bond donors (Lipinski definition) is 0. The van der Waals surface area contributed by atoms with E-state index < -0.39 is 9.84 Å². The first kappa shape index (κ1) is 19.5. The number of amides is 1. The normalized spacial score (nSPS) is 15.7. The third-order valence-electron chi connectivity index (χ3n) is 5.09. The van der Waals surface area contributed by atoms with Gasteiger partial charge in [0.05, 0.1) is 10.6 Å². The Hall–Kier alpha value is -2.21. The van der Waals surface area contributed by atoms with Gasteiger partial charge in [0.2, 0.25) is 5.91 Å². The van der Waals surface area contributed by atoms with Gasteiger partial charge in [-0.05, 0) is 55.0 Å². The van der Waals surface area contributed by atoms with E-state index in [0.29, 0.717) is 19.0 Å². The lowest BCUT2D eigenvalue weighted by atomic mass is 9.90. The maximum absolute atomic E-state index is 13.0. The fraction of sp³-hybridized carbons (Fsp3) is 0.381. The zero-order valence-electron chi connectivity index (χ0n) is 15.2. The van der Waals surface area contributed by atoms with E-state index in [-0.39, 0.29) is 28.8 Å². The second-order valence-corrected chi connectivity index (χ2v) is 9.15. The topological polar surface area (TPSA) is 54.5 Å². The Morgan fingerprint density at radius 3 is 2.26 bits per heavy atom. The Balaban J connectivity index is 1.46. The average molecular weight is 389 g/mol. The highest BCUT2D eigenvalue weighted by atomic mass is 32.2. The molecule has 0 unspecified atom stereocenters. The van der Waals surface area contributed by atoms with E-state index in [0.717, 1.165) is 24.8 Å². The molecule has 1 heterocycles. The largest absolute Gasteiger partial charge is 0.343 e. The molecule has 0 aromatic heterocycles. The molecule has 0 aliphatic carbocycles. The smallest absolute Gasteiger partial charge is 0.223 e. The van der Waals surface area contributed by atoms with Crippen LogP contribution in [-0.2, 0) is 21.1 Å². The van der Waals surface area contributed by atoms with Crippen molar-refractivity contribution in [2.45, 2.75) is 30.6 Å². The molecule has 0 N–H and O–H groups in total. The average Bonchev–Trinajstić information content (AvgIpc) is 2.69. The molecule has 1 aliphatic heterocycles. The summed E-state index contributed by atoms with van der Waals surface area (Å²) in [6, 6.07) is 14.8. The van der Waals surface area contributed by atoms with Gasteiger partial charge < -0.3 is 4.90 Å². The molecule has 1 amide bonds. The van der Waals surface area contributed by atoms with Crippen molar-refractivity contribution < 1.29 is 17.6 Å². The van der Waals surface area contributed by atoms with Crippen molar-refractivity contribution in [3.63, 3.8) is 0 Å². The third kappa shape index (κ3) is 5.39. The van der Waals surface area contributed by atoms with Gasteiger partial charge in [-0.3, -0.25) is 4.79 Å². The lowest BCUT2D eigenvalue weighted by molar-refractivity contribution is -0.132. The number of piperidine rings is 1. The Kier molecular flexibility index (Phi) is 6.26. The van der Waals surface area contributed by atoms with Crippen molar-refractivity contribution in [3.05, 3.63) is 66.0 Å². The molecule has 1 fully saturated rings. The van der Waals surface area contributed by atoms with Crippen LogP contribution in [0.4, 0.5) is 4.39 Å². The summed E-state index contributed by atoms with van der Waals surface area (Å²) >= 11 is 0.